The molecule has 2 aromatic carbocycles. The van der Waals surface area contributed by atoms with E-state index >= 15 is 0 Å². The zero-order chi connectivity index (χ0) is 18.1. The molecule has 2 rings (SSSR count). The molecule has 132 valence electrons. The third-order valence-electron chi connectivity index (χ3n) is 3.39. The standard InChI is InChI=1S/C19H22N2O4/c1-4-12-25-16-10-8-14(9-11-16)19(22)21-20-13-15-6-5-7-17(23-2)18(15)24-3/h5-11,13H,4,12H2,1-3H3,(H,21,22)/b20-13-. The van der Waals surface area contributed by atoms with Gasteiger partial charge in [-0.15, -0.1) is 0 Å². The van der Waals surface area contributed by atoms with Crippen LogP contribution in [0.3, 0.4) is 0 Å². The van der Waals surface area contributed by atoms with E-state index in [9.17, 15) is 4.79 Å². The number of hydrogen-bond donors (Lipinski definition) is 1. The number of carbonyl (C=O) groups excluding carboxylic acids is 1. The summed E-state index contributed by atoms with van der Waals surface area (Å²) in [6.07, 6.45) is 2.45. The zero-order valence-corrected chi connectivity index (χ0v) is 14.6. The fraction of sp³-hybridized carbons (Fsp3) is 0.263. The van der Waals surface area contributed by atoms with E-state index < -0.39 is 0 Å². The topological polar surface area (TPSA) is 69.2 Å². The van der Waals surface area contributed by atoms with Gasteiger partial charge in [0.15, 0.2) is 11.5 Å². The summed E-state index contributed by atoms with van der Waals surface area (Å²) in [4.78, 5) is 12.1. The van der Waals surface area contributed by atoms with E-state index in [1.807, 2.05) is 19.1 Å². The minimum absolute atomic E-state index is 0.305. The molecule has 0 atom stereocenters. The molecule has 0 aliphatic heterocycles. The summed E-state index contributed by atoms with van der Waals surface area (Å²) in [6.45, 7) is 2.69. The maximum absolute atomic E-state index is 12.1. The van der Waals surface area contributed by atoms with Gasteiger partial charge in [0, 0.05) is 11.1 Å². The number of carbonyl (C=O) groups is 1. The summed E-state index contributed by atoms with van der Waals surface area (Å²) in [5.74, 6) is 1.59. The van der Waals surface area contributed by atoms with Gasteiger partial charge in [-0.25, -0.2) is 5.43 Å². The van der Waals surface area contributed by atoms with Crippen LogP contribution in [0, 0.1) is 0 Å². The molecule has 0 radical (unpaired) electrons. The third-order valence-corrected chi connectivity index (χ3v) is 3.39. The molecule has 0 spiro atoms. The maximum Gasteiger partial charge on any atom is 0.271 e. The molecule has 0 aliphatic rings. The lowest BCUT2D eigenvalue weighted by Crippen LogP contribution is -2.17. The first kappa shape index (κ1) is 18.3. The highest BCUT2D eigenvalue weighted by molar-refractivity contribution is 5.95. The highest BCUT2D eigenvalue weighted by Gasteiger charge is 2.08. The summed E-state index contributed by atoms with van der Waals surface area (Å²) in [5, 5.41) is 3.98. The van der Waals surface area contributed by atoms with Crippen molar-refractivity contribution in [2.75, 3.05) is 20.8 Å². The van der Waals surface area contributed by atoms with E-state index in [2.05, 4.69) is 10.5 Å². The van der Waals surface area contributed by atoms with Crippen LogP contribution >= 0.6 is 0 Å². The van der Waals surface area contributed by atoms with Crippen LogP contribution in [0.4, 0.5) is 0 Å². The number of nitrogens with zero attached hydrogens (tertiary/aromatic N) is 1. The fourth-order valence-electron chi connectivity index (χ4n) is 2.16. The molecule has 6 heteroatoms. The second kappa shape index (κ2) is 9.32. The van der Waals surface area contributed by atoms with Gasteiger partial charge >= 0.3 is 0 Å². The molecule has 0 aliphatic carbocycles. The number of para-hydroxylation sites is 1. The van der Waals surface area contributed by atoms with Gasteiger partial charge in [0.05, 0.1) is 27.0 Å². The molecule has 6 nitrogen and oxygen atoms in total. The number of hydrazone groups is 1. The average molecular weight is 342 g/mol. The molecule has 25 heavy (non-hydrogen) atoms. The molecule has 0 unspecified atom stereocenters. The van der Waals surface area contributed by atoms with Gasteiger partial charge in [0.25, 0.3) is 5.91 Å². The second-order valence-corrected chi connectivity index (χ2v) is 5.15. The smallest absolute Gasteiger partial charge is 0.271 e. The Hall–Kier alpha value is -3.02. The van der Waals surface area contributed by atoms with Gasteiger partial charge in [-0.05, 0) is 42.8 Å². The molecule has 0 bridgehead atoms. The van der Waals surface area contributed by atoms with E-state index in [1.165, 1.54) is 6.21 Å². The Balaban J connectivity index is 2.01. The van der Waals surface area contributed by atoms with Crippen molar-refractivity contribution in [2.45, 2.75) is 13.3 Å². The Morgan fingerprint density at radius 2 is 1.88 bits per heavy atom. The number of hydrogen-bond acceptors (Lipinski definition) is 5. The third kappa shape index (κ3) is 4.97. The number of amides is 1. The van der Waals surface area contributed by atoms with Crippen molar-refractivity contribution < 1.29 is 19.0 Å². The molecule has 0 saturated carbocycles. The average Bonchev–Trinajstić information content (AvgIpc) is 2.66. The van der Waals surface area contributed by atoms with Crippen LogP contribution in [-0.2, 0) is 0 Å². The number of rotatable bonds is 8. The zero-order valence-electron chi connectivity index (χ0n) is 14.6. The van der Waals surface area contributed by atoms with Gasteiger partial charge in [0.1, 0.15) is 5.75 Å². The van der Waals surface area contributed by atoms with E-state index in [1.54, 1.807) is 44.6 Å². The first-order valence-corrected chi connectivity index (χ1v) is 7.96. The van der Waals surface area contributed by atoms with Gasteiger partial charge in [-0.1, -0.05) is 13.0 Å². The Morgan fingerprint density at radius 1 is 1.12 bits per heavy atom. The van der Waals surface area contributed by atoms with Crippen molar-refractivity contribution in [3.63, 3.8) is 0 Å². The predicted octanol–water partition coefficient (Wildman–Crippen LogP) is 3.26. The van der Waals surface area contributed by atoms with Crippen LogP contribution in [0.5, 0.6) is 17.2 Å². The molecule has 0 aromatic heterocycles. The predicted molar refractivity (Wildman–Crippen MR) is 96.8 cm³/mol. The lowest BCUT2D eigenvalue weighted by molar-refractivity contribution is 0.0955. The summed E-state index contributed by atoms with van der Waals surface area (Å²) >= 11 is 0. The van der Waals surface area contributed by atoms with Crippen molar-refractivity contribution in [2.24, 2.45) is 5.10 Å². The van der Waals surface area contributed by atoms with Crippen LogP contribution in [0.15, 0.2) is 47.6 Å². The number of benzene rings is 2. The van der Waals surface area contributed by atoms with Crippen LogP contribution < -0.4 is 19.6 Å². The van der Waals surface area contributed by atoms with Crippen molar-refractivity contribution >= 4 is 12.1 Å². The van der Waals surface area contributed by atoms with Crippen molar-refractivity contribution in [3.05, 3.63) is 53.6 Å². The molecule has 1 amide bonds. The molecule has 0 fully saturated rings. The fourth-order valence-corrected chi connectivity index (χ4v) is 2.16. The first-order valence-electron chi connectivity index (χ1n) is 7.96. The van der Waals surface area contributed by atoms with Crippen molar-refractivity contribution in [1.82, 2.24) is 5.43 Å². The Morgan fingerprint density at radius 3 is 2.52 bits per heavy atom. The first-order chi connectivity index (χ1) is 12.2. The summed E-state index contributed by atoms with van der Waals surface area (Å²) < 4.78 is 16.0. The molecular weight excluding hydrogens is 320 g/mol. The molecule has 0 saturated heterocycles. The number of ether oxygens (including phenoxy) is 3. The van der Waals surface area contributed by atoms with E-state index in [0.717, 1.165) is 12.2 Å². The van der Waals surface area contributed by atoms with Gasteiger partial charge in [-0.2, -0.15) is 5.10 Å². The lowest BCUT2D eigenvalue weighted by atomic mass is 10.2. The Kier molecular flexibility index (Phi) is 6.83. The minimum atomic E-state index is -0.305. The van der Waals surface area contributed by atoms with E-state index in [0.29, 0.717) is 29.2 Å². The summed E-state index contributed by atoms with van der Waals surface area (Å²) in [5.41, 5.74) is 3.69. The van der Waals surface area contributed by atoms with Crippen LogP contribution in [-0.4, -0.2) is 32.9 Å². The number of nitrogens with one attached hydrogen (secondary N) is 1. The second-order valence-electron chi connectivity index (χ2n) is 5.15. The Labute approximate surface area is 147 Å². The van der Waals surface area contributed by atoms with Crippen molar-refractivity contribution in [1.29, 1.82) is 0 Å². The molecule has 1 N–H and O–H groups in total. The largest absolute Gasteiger partial charge is 0.494 e. The monoisotopic (exact) mass is 342 g/mol. The Bertz CT molecular complexity index is 727. The highest BCUT2D eigenvalue weighted by atomic mass is 16.5. The quantitative estimate of drug-likeness (QED) is 0.590. The number of methoxy groups -OCH3 is 2. The lowest BCUT2D eigenvalue weighted by Gasteiger charge is -2.09. The summed E-state index contributed by atoms with van der Waals surface area (Å²) in [6, 6.07) is 12.3. The van der Waals surface area contributed by atoms with Crippen LogP contribution in [0.25, 0.3) is 0 Å². The minimum Gasteiger partial charge on any atom is -0.494 e. The van der Waals surface area contributed by atoms with E-state index in [4.69, 9.17) is 14.2 Å². The molecular formula is C19H22N2O4. The normalized spacial score (nSPS) is 10.5. The van der Waals surface area contributed by atoms with Gasteiger partial charge in [0.2, 0.25) is 0 Å². The maximum atomic E-state index is 12.1. The van der Waals surface area contributed by atoms with Gasteiger partial charge in [-0.3, -0.25) is 4.79 Å². The van der Waals surface area contributed by atoms with Crippen LogP contribution in [0.1, 0.15) is 29.3 Å². The molecule has 2 aromatic rings. The SMILES string of the molecule is CCCOc1ccc(C(=O)N/N=C\c2cccc(OC)c2OC)cc1. The highest BCUT2D eigenvalue weighted by Crippen LogP contribution is 2.29. The van der Waals surface area contributed by atoms with Crippen LogP contribution in [0.2, 0.25) is 0 Å². The van der Waals surface area contributed by atoms with E-state index in [-0.39, 0.29) is 5.91 Å². The summed E-state index contributed by atoms with van der Waals surface area (Å²) in [7, 11) is 3.12. The molecule has 0 heterocycles. The van der Waals surface area contributed by atoms with Gasteiger partial charge < -0.3 is 14.2 Å². The van der Waals surface area contributed by atoms with Crippen molar-refractivity contribution in [3.8, 4) is 17.2 Å².